The molecule has 0 aromatic heterocycles. The molecule has 0 bridgehead atoms. The van der Waals surface area contributed by atoms with Gasteiger partial charge in [0.05, 0.1) is 12.6 Å². The van der Waals surface area contributed by atoms with Crippen LogP contribution in [0.15, 0.2) is 24.3 Å². The SMILES string of the molecule is CC(C(=O)Nc1cccc(F)c1)N1CCCC(N(C)CC(=O)O)CC1. The number of nitrogens with one attached hydrogen (secondary N) is 1. The van der Waals surface area contributed by atoms with Gasteiger partial charge in [-0.1, -0.05) is 6.07 Å². The highest BCUT2D eigenvalue weighted by Crippen LogP contribution is 2.18. The lowest BCUT2D eigenvalue weighted by atomic mass is 10.1. The molecule has 7 heteroatoms. The van der Waals surface area contributed by atoms with Crippen molar-refractivity contribution in [3.05, 3.63) is 30.1 Å². The first kappa shape index (κ1) is 19.3. The molecule has 1 aliphatic heterocycles. The van der Waals surface area contributed by atoms with Gasteiger partial charge in [0.1, 0.15) is 5.82 Å². The Balaban J connectivity index is 1.90. The molecule has 2 atom stereocenters. The minimum atomic E-state index is -0.827. The summed E-state index contributed by atoms with van der Waals surface area (Å²) >= 11 is 0. The van der Waals surface area contributed by atoms with Crippen LogP contribution >= 0.6 is 0 Å². The molecular weight excluding hydrogens is 325 g/mol. The van der Waals surface area contributed by atoms with E-state index in [2.05, 4.69) is 10.2 Å². The molecule has 1 fully saturated rings. The Morgan fingerprint density at radius 2 is 2.16 bits per heavy atom. The highest BCUT2D eigenvalue weighted by atomic mass is 19.1. The van der Waals surface area contributed by atoms with E-state index < -0.39 is 5.97 Å². The second kappa shape index (κ2) is 8.92. The standard InChI is InChI=1S/C18H26FN3O3/c1-13(18(25)20-15-6-3-5-14(19)11-15)22-9-4-7-16(8-10-22)21(2)12-17(23)24/h3,5-6,11,13,16H,4,7-10,12H2,1-2H3,(H,20,25)(H,23,24). The molecule has 6 nitrogen and oxygen atoms in total. The largest absolute Gasteiger partial charge is 0.480 e. The first-order chi connectivity index (χ1) is 11.9. The molecular formula is C18H26FN3O3. The number of carboxylic acid groups (broad SMARTS) is 1. The van der Waals surface area contributed by atoms with E-state index in [1.807, 2.05) is 18.9 Å². The molecule has 2 N–H and O–H groups in total. The second-order valence-electron chi connectivity index (χ2n) is 6.61. The lowest BCUT2D eigenvalue weighted by Gasteiger charge is -2.28. The first-order valence-corrected chi connectivity index (χ1v) is 8.59. The number of halogens is 1. The summed E-state index contributed by atoms with van der Waals surface area (Å²) in [5.41, 5.74) is 0.450. The fourth-order valence-electron chi connectivity index (χ4n) is 3.25. The summed E-state index contributed by atoms with van der Waals surface area (Å²) in [6.07, 6.45) is 2.64. The van der Waals surface area contributed by atoms with Crippen LogP contribution in [0.3, 0.4) is 0 Å². The quantitative estimate of drug-likeness (QED) is 0.820. The second-order valence-corrected chi connectivity index (χ2v) is 6.61. The lowest BCUT2D eigenvalue weighted by molar-refractivity contribution is -0.138. The van der Waals surface area contributed by atoms with Gasteiger partial charge in [-0.3, -0.25) is 19.4 Å². The third-order valence-electron chi connectivity index (χ3n) is 4.76. The van der Waals surface area contributed by atoms with Crippen LogP contribution in [0.1, 0.15) is 26.2 Å². The number of rotatable bonds is 6. The molecule has 1 heterocycles. The number of likely N-dealkylation sites (tertiary alicyclic amines) is 1. The van der Waals surface area contributed by atoms with Gasteiger partial charge in [-0.2, -0.15) is 0 Å². The summed E-state index contributed by atoms with van der Waals surface area (Å²) in [6, 6.07) is 5.73. The van der Waals surface area contributed by atoms with Crippen LogP contribution in [0.5, 0.6) is 0 Å². The Morgan fingerprint density at radius 1 is 1.40 bits per heavy atom. The van der Waals surface area contributed by atoms with E-state index in [1.54, 1.807) is 12.1 Å². The monoisotopic (exact) mass is 351 g/mol. The molecule has 0 aliphatic carbocycles. The minimum Gasteiger partial charge on any atom is -0.480 e. The van der Waals surface area contributed by atoms with Crippen molar-refractivity contribution in [3.63, 3.8) is 0 Å². The minimum absolute atomic E-state index is 0.0281. The molecule has 1 aliphatic rings. The Morgan fingerprint density at radius 3 is 2.84 bits per heavy atom. The van der Waals surface area contributed by atoms with Gasteiger partial charge in [-0.15, -0.1) is 0 Å². The molecule has 0 radical (unpaired) electrons. The first-order valence-electron chi connectivity index (χ1n) is 8.59. The Bertz CT molecular complexity index is 611. The predicted molar refractivity (Wildman–Crippen MR) is 94.0 cm³/mol. The van der Waals surface area contributed by atoms with Gasteiger partial charge in [-0.05, 0) is 58.0 Å². The molecule has 0 saturated carbocycles. The molecule has 1 saturated heterocycles. The molecule has 2 unspecified atom stereocenters. The van der Waals surface area contributed by atoms with E-state index in [-0.39, 0.29) is 30.4 Å². The van der Waals surface area contributed by atoms with Crippen molar-refractivity contribution in [3.8, 4) is 0 Å². The highest BCUT2D eigenvalue weighted by Gasteiger charge is 2.26. The molecule has 0 spiro atoms. The molecule has 138 valence electrons. The Kier molecular flexibility index (Phi) is 6.90. The van der Waals surface area contributed by atoms with Crippen LogP contribution < -0.4 is 5.32 Å². The van der Waals surface area contributed by atoms with Crippen molar-refractivity contribution in [2.45, 2.75) is 38.3 Å². The maximum atomic E-state index is 13.2. The van der Waals surface area contributed by atoms with Crippen molar-refractivity contribution in [1.29, 1.82) is 0 Å². The smallest absolute Gasteiger partial charge is 0.317 e. The number of nitrogens with zero attached hydrogens (tertiary/aromatic N) is 2. The number of carboxylic acids is 1. The van der Waals surface area contributed by atoms with Crippen LogP contribution in [0, 0.1) is 5.82 Å². The average molecular weight is 351 g/mol. The van der Waals surface area contributed by atoms with Crippen LogP contribution in [-0.2, 0) is 9.59 Å². The summed E-state index contributed by atoms with van der Waals surface area (Å²) in [5, 5.41) is 11.7. The average Bonchev–Trinajstić information content (AvgIpc) is 2.79. The maximum Gasteiger partial charge on any atom is 0.317 e. The number of hydrogen-bond donors (Lipinski definition) is 2. The fraction of sp³-hybridized carbons (Fsp3) is 0.556. The van der Waals surface area contributed by atoms with Gasteiger partial charge < -0.3 is 10.4 Å². The summed E-state index contributed by atoms with van der Waals surface area (Å²) in [6.45, 7) is 3.39. The number of anilines is 1. The zero-order chi connectivity index (χ0) is 18.4. The lowest BCUT2D eigenvalue weighted by Crippen LogP contribution is -2.43. The van der Waals surface area contributed by atoms with E-state index in [9.17, 15) is 14.0 Å². The highest BCUT2D eigenvalue weighted by molar-refractivity contribution is 5.94. The van der Waals surface area contributed by atoms with Crippen molar-refractivity contribution in [2.24, 2.45) is 0 Å². The van der Waals surface area contributed by atoms with Gasteiger partial charge >= 0.3 is 5.97 Å². The molecule has 25 heavy (non-hydrogen) atoms. The Hall–Kier alpha value is -1.99. The van der Waals surface area contributed by atoms with Gasteiger partial charge in [-0.25, -0.2) is 4.39 Å². The molecule has 1 aromatic carbocycles. The van der Waals surface area contributed by atoms with Crippen LogP contribution in [0.25, 0.3) is 0 Å². The van der Waals surface area contributed by atoms with E-state index in [0.29, 0.717) is 5.69 Å². The predicted octanol–water partition coefficient (Wildman–Crippen LogP) is 2.02. The van der Waals surface area contributed by atoms with E-state index in [1.165, 1.54) is 12.1 Å². The summed E-state index contributed by atoms with van der Waals surface area (Å²) in [7, 11) is 1.83. The summed E-state index contributed by atoms with van der Waals surface area (Å²) in [5.74, 6) is -1.38. The number of carbonyl (C=O) groups excluding carboxylic acids is 1. The zero-order valence-corrected chi connectivity index (χ0v) is 14.7. The third-order valence-corrected chi connectivity index (χ3v) is 4.76. The Labute approximate surface area is 147 Å². The normalized spacial score (nSPS) is 20.1. The maximum absolute atomic E-state index is 13.2. The number of carbonyl (C=O) groups is 2. The van der Waals surface area contributed by atoms with Gasteiger partial charge in [0.25, 0.3) is 0 Å². The number of aliphatic carboxylic acids is 1. The third kappa shape index (κ3) is 5.79. The zero-order valence-electron chi connectivity index (χ0n) is 14.7. The summed E-state index contributed by atoms with van der Waals surface area (Å²) < 4.78 is 13.2. The van der Waals surface area contributed by atoms with Crippen molar-refractivity contribution in [2.75, 3.05) is 32.0 Å². The molecule has 1 amide bonds. The number of likely N-dealkylation sites (N-methyl/N-ethyl adjacent to an activating group) is 1. The van der Waals surface area contributed by atoms with Gasteiger partial charge in [0, 0.05) is 18.3 Å². The van der Waals surface area contributed by atoms with E-state index in [0.717, 1.165) is 32.4 Å². The van der Waals surface area contributed by atoms with E-state index >= 15 is 0 Å². The van der Waals surface area contributed by atoms with Crippen LogP contribution in [-0.4, -0.2) is 65.5 Å². The van der Waals surface area contributed by atoms with Crippen molar-refractivity contribution < 1.29 is 19.1 Å². The van der Waals surface area contributed by atoms with Crippen molar-refractivity contribution >= 4 is 17.6 Å². The number of benzene rings is 1. The molecule has 2 rings (SSSR count). The fourth-order valence-corrected chi connectivity index (χ4v) is 3.25. The topological polar surface area (TPSA) is 72.9 Å². The summed E-state index contributed by atoms with van der Waals surface area (Å²) in [4.78, 5) is 27.3. The molecule has 1 aromatic rings. The van der Waals surface area contributed by atoms with Crippen LogP contribution in [0.4, 0.5) is 10.1 Å². The number of hydrogen-bond acceptors (Lipinski definition) is 4. The van der Waals surface area contributed by atoms with Gasteiger partial charge in [0.15, 0.2) is 0 Å². The van der Waals surface area contributed by atoms with Gasteiger partial charge in [0.2, 0.25) is 5.91 Å². The van der Waals surface area contributed by atoms with Crippen LogP contribution in [0.2, 0.25) is 0 Å². The van der Waals surface area contributed by atoms with E-state index in [4.69, 9.17) is 5.11 Å². The van der Waals surface area contributed by atoms with Crippen molar-refractivity contribution in [1.82, 2.24) is 9.80 Å². The number of amides is 1.